The van der Waals surface area contributed by atoms with Crippen LogP contribution in [0.4, 0.5) is 21.9 Å². The van der Waals surface area contributed by atoms with Gasteiger partial charge in [-0.25, -0.2) is 22.9 Å². The van der Waals surface area contributed by atoms with E-state index in [1.165, 1.54) is 22.1 Å². The molecule has 5 aromatic rings. The number of nitrogens with zero attached hydrogens (tertiary/aromatic N) is 6. The summed E-state index contributed by atoms with van der Waals surface area (Å²) in [5.41, 5.74) is 5.59. The first-order valence-electron chi connectivity index (χ1n) is 23.5. The molecular formula is C52H69N9O5S2. The number of aryl methyl sites for hydroxylation is 1. The minimum atomic E-state index is -3.36. The van der Waals surface area contributed by atoms with Gasteiger partial charge in [-0.3, -0.25) is 9.69 Å². The van der Waals surface area contributed by atoms with Crippen molar-refractivity contribution in [1.82, 2.24) is 24.9 Å². The number of fused-ring (bicyclic) bond motifs is 1. The van der Waals surface area contributed by atoms with Crippen LogP contribution < -0.4 is 29.9 Å². The predicted molar refractivity (Wildman–Crippen MR) is 277 cm³/mol. The summed E-state index contributed by atoms with van der Waals surface area (Å²) >= 11 is 1.43. The van der Waals surface area contributed by atoms with Gasteiger partial charge in [0.2, 0.25) is 14.9 Å². The van der Waals surface area contributed by atoms with E-state index in [1.54, 1.807) is 11.8 Å². The highest BCUT2D eigenvalue weighted by atomic mass is 32.2. The number of para-hydroxylation sites is 1. The lowest BCUT2D eigenvalue weighted by atomic mass is 9.76. The van der Waals surface area contributed by atoms with Gasteiger partial charge in [-0.1, -0.05) is 109 Å². The topological polar surface area (TPSA) is 163 Å². The third-order valence-corrected chi connectivity index (χ3v) is 15.3. The van der Waals surface area contributed by atoms with Crippen LogP contribution in [0.25, 0.3) is 0 Å². The van der Waals surface area contributed by atoms with Gasteiger partial charge >= 0.3 is 6.03 Å². The summed E-state index contributed by atoms with van der Waals surface area (Å²) in [5.74, 6) is 0.949. The van der Waals surface area contributed by atoms with Crippen molar-refractivity contribution in [2.45, 2.75) is 122 Å². The molecule has 0 radical (unpaired) electrons. The van der Waals surface area contributed by atoms with E-state index in [9.17, 15) is 13.2 Å². The number of nitrogens with one attached hydrogen (secondary N) is 3. The lowest BCUT2D eigenvalue weighted by Gasteiger charge is -2.40. The highest BCUT2D eigenvalue weighted by Crippen LogP contribution is 2.51. The standard InChI is InChI=1S/C52H69N9O5S2/c1-13-50(8,9)39-26-29-45(43(33-39)51(10,11)14-2)66-37(6)47(62)53-34-36(5)46-56-48-52(38(7)57-61(48)58-46,67-42-24-20-17-21-25-42)60(49(63)55-40-22-18-16-19-23-40)44-28-27-41(32-35(44)4)59(15-3)31-30-54-68(12,64)65/h16-29,32-33,36-37,54H,13-15,30-31,34H2,1-12H3,(H,53,62)(H,55,63). The monoisotopic (exact) mass is 963 g/mol. The Kier molecular flexibility index (Phi) is 16.2. The van der Waals surface area contributed by atoms with Crippen LogP contribution in [-0.4, -0.2) is 79.5 Å². The van der Waals surface area contributed by atoms with Crippen molar-refractivity contribution in [2.24, 2.45) is 5.10 Å². The third-order valence-electron chi connectivity index (χ3n) is 13.1. The second kappa shape index (κ2) is 21.3. The maximum absolute atomic E-state index is 15.1. The lowest BCUT2D eigenvalue weighted by molar-refractivity contribution is -0.127. The van der Waals surface area contributed by atoms with Gasteiger partial charge in [-0.05, 0) is 111 Å². The average Bonchev–Trinajstić information content (AvgIpc) is 3.84. The van der Waals surface area contributed by atoms with E-state index in [-0.39, 0.29) is 35.7 Å². The van der Waals surface area contributed by atoms with E-state index >= 15 is 4.79 Å². The van der Waals surface area contributed by atoms with E-state index in [0.717, 1.165) is 40.8 Å². The van der Waals surface area contributed by atoms with Gasteiger partial charge in [0.1, 0.15) is 5.75 Å². The molecule has 3 N–H and O–H groups in total. The van der Waals surface area contributed by atoms with Crippen LogP contribution in [0, 0.1) is 6.92 Å². The molecule has 4 aromatic carbocycles. The highest BCUT2D eigenvalue weighted by molar-refractivity contribution is 8.01. The SMILES string of the molecule is CCN(CCNS(C)(=O)=O)c1ccc(N(C(=O)Nc2ccccc2)C2(Sc3ccccc3)C(C)=Nn3nc(C(C)CNC(=O)C(C)Oc4ccc(C(C)(C)CC)cc4C(C)(C)CC)nc32)c(C)c1. The number of likely N-dealkylation sites (N-methyl/N-ethyl adjacent to an activating group) is 1. The van der Waals surface area contributed by atoms with E-state index in [4.69, 9.17) is 19.9 Å². The minimum Gasteiger partial charge on any atom is -0.481 e. The molecular weight excluding hydrogens is 895 g/mol. The van der Waals surface area contributed by atoms with Gasteiger partial charge in [0.25, 0.3) is 5.91 Å². The summed E-state index contributed by atoms with van der Waals surface area (Å²) in [7, 11) is -3.36. The zero-order chi connectivity index (χ0) is 49.6. The zero-order valence-corrected chi connectivity index (χ0v) is 43.3. The molecule has 1 aliphatic heterocycles. The predicted octanol–water partition coefficient (Wildman–Crippen LogP) is 9.95. The van der Waals surface area contributed by atoms with Crippen LogP contribution in [-0.2, 0) is 30.5 Å². The van der Waals surface area contributed by atoms with Crippen molar-refractivity contribution in [3.63, 3.8) is 0 Å². The quantitative estimate of drug-likeness (QED) is 0.0608. The van der Waals surface area contributed by atoms with Crippen LogP contribution in [0.2, 0.25) is 0 Å². The molecule has 1 aromatic heterocycles. The number of thioether (sulfide) groups is 1. The zero-order valence-electron chi connectivity index (χ0n) is 41.7. The molecule has 3 amide bonds. The first kappa shape index (κ1) is 51.7. The number of aromatic nitrogens is 3. The summed E-state index contributed by atoms with van der Waals surface area (Å²) in [5, 5.41) is 16.1. The van der Waals surface area contributed by atoms with Crippen molar-refractivity contribution in [1.29, 1.82) is 0 Å². The fraction of sp³-hybridized carbons (Fsp3) is 0.442. The molecule has 3 atom stereocenters. The highest BCUT2D eigenvalue weighted by Gasteiger charge is 2.54. The molecule has 0 saturated heterocycles. The van der Waals surface area contributed by atoms with E-state index < -0.39 is 27.0 Å². The molecule has 364 valence electrons. The fourth-order valence-corrected chi connectivity index (χ4v) is 9.80. The summed E-state index contributed by atoms with van der Waals surface area (Å²) in [6.45, 7) is 24.3. The van der Waals surface area contributed by atoms with Crippen molar-refractivity contribution < 1.29 is 22.7 Å². The number of hydrogen-bond donors (Lipinski definition) is 3. The Hall–Kier alpha value is -5.71. The number of hydrogen-bond acceptors (Lipinski definition) is 10. The summed E-state index contributed by atoms with van der Waals surface area (Å²) in [4.78, 5) is 38.9. The molecule has 3 unspecified atom stereocenters. The van der Waals surface area contributed by atoms with Gasteiger partial charge in [-0.2, -0.15) is 5.10 Å². The maximum Gasteiger partial charge on any atom is 0.328 e. The van der Waals surface area contributed by atoms with Gasteiger partial charge in [-0.15, -0.1) is 9.89 Å². The van der Waals surface area contributed by atoms with Crippen LogP contribution in [0.5, 0.6) is 5.75 Å². The van der Waals surface area contributed by atoms with Crippen LogP contribution in [0.15, 0.2) is 107 Å². The number of sulfonamides is 1. The number of urea groups is 1. The molecule has 68 heavy (non-hydrogen) atoms. The Morgan fingerprint density at radius 3 is 2.16 bits per heavy atom. The molecule has 2 heterocycles. The van der Waals surface area contributed by atoms with Gasteiger partial charge in [0.05, 0.1) is 17.7 Å². The van der Waals surface area contributed by atoms with Crippen molar-refractivity contribution in [3.8, 4) is 5.75 Å². The number of benzene rings is 4. The molecule has 0 spiro atoms. The Morgan fingerprint density at radius 1 is 0.882 bits per heavy atom. The molecule has 6 rings (SSSR count). The van der Waals surface area contributed by atoms with E-state index in [2.05, 4.69) is 73.9 Å². The average molecular weight is 964 g/mol. The van der Waals surface area contributed by atoms with Crippen molar-refractivity contribution in [2.75, 3.05) is 47.6 Å². The Labute approximate surface area is 407 Å². The molecule has 0 bridgehead atoms. The fourth-order valence-electron chi connectivity index (χ4n) is 8.02. The smallest absolute Gasteiger partial charge is 0.328 e. The summed E-state index contributed by atoms with van der Waals surface area (Å²) in [6, 6.07) is 30.9. The molecule has 0 fully saturated rings. The van der Waals surface area contributed by atoms with Crippen LogP contribution in [0.1, 0.15) is 116 Å². The van der Waals surface area contributed by atoms with Crippen molar-refractivity contribution >= 4 is 56.5 Å². The lowest BCUT2D eigenvalue weighted by Crippen LogP contribution is -2.53. The number of ether oxygens (including phenoxy) is 1. The maximum atomic E-state index is 15.1. The Morgan fingerprint density at radius 2 is 1.54 bits per heavy atom. The Bertz CT molecular complexity index is 2710. The van der Waals surface area contributed by atoms with Crippen molar-refractivity contribution in [3.05, 3.63) is 125 Å². The molecule has 0 saturated carbocycles. The van der Waals surface area contributed by atoms with Crippen LogP contribution >= 0.6 is 11.8 Å². The minimum absolute atomic E-state index is 0.000881. The summed E-state index contributed by atoms with van der Waals surface area (Å²) in [6.07, 6.45) is 2.27. The number of carbonyl (C=O) groups is 2. The van der Waals surface area contributed by atoms with Gasteiger partial charge in [0, 0.05) is 53.9 Å². The van der Waals surface area contributed by atoms with Crippen LogP contribution in [0.3, 0.4) is 0 Å². The third kappa shape index (κ3) is 11.6. The first-order valence-corrected chi connectivity index (χ1v) is 26.2. The number of rotatable bonds is 21. The van der Waals surface area contributed by atoms with Gasteiger partial charge < -0.3 is 20.3 Å². The normalized spacial score (nSPS) is 15.8. The number of amides is 3. The first-order chi connectivity index (χ1) is 32.1. The van der Waals surface area contributed by atoms with E-state index in [1.807, 2.05) is 113 Å². The largest absolute Gasteiger partial charge is 0.481 e. The number of anilines is 3. The molecule has 16 heteroatoms. The number of carbonyl (C=O) groups excluding carboxylic acids is 2. The van der Waals surface area contributed by atoms with E-state index in [0.29, 0.717) is 47.6 Å². The summed E-state index contributed by atoms with van der Waals surface area (Å²) < 4.78 is 32.7. The second-order valence-corrected chi connectivity index (χ2v) is 22.0. The second-order valence-electron chi connectivity index (χ2n) is 18.9. The van der Waals surface area contributed by atoms with Gasteiger partial charge in [0.15, 0.2) is 17.8 Å². The molecule has 0 aliphatic carbocycles. The molecule has 14 nitrogen and oxygen atoms in total. The molecule has 1 aliphatic rings. The Balaban J connectivity index is 1.34.